The molecule has 1 atom stereocenters. The molecular formula is C14H18N4OS. The van der Waals surface area contributed by atoms with Crippen molar-refractivity contribution in [1.82, 2.24) is 19.7 Å². The zero-order valence-electron chi connectivity index (χ0n) is 11.5. The van der Waals surface area contributed by atoms with Crippen molar-refractivity contribution < 1.29 is 4.79 Å². The Balaban J connectivity index is 1.78. The van der Waals surface area contributed by atoms with E-state index in [9.17, 15) is 4.79 Å². The van der Waals surface area contributed by atoms with Crippen LogP contribution in [-0.4, -0.2) is 31.6 Å². The number of hydrogen-bond acceptors (Lipinski definition) is 4. The van der Waals surface area contributed by atoms with Crippen molar-refractivity contribution in [1.29, 1.82) is 0 Å². The molecule has 6 heteroatoms. The maximum Gasteiger partial charge on any atom is 0.248 e. The lowest BCUT2D eigenvalue weighted by molar-refractivity contribution is -0.136. The molecule has 2 aromatic rings. The van der Waals surface area contributed by atoms with Crippen LogP contribution in [0.4, 0.5) is 0 Å². The number of aromatic nitrogens is 3. The van der Waals surface area contributed by atoms with Gasteiger partial charge in [0.25, 0.3) is 0 Å². The van der Waals surface area contributed by atoms with Gasteiger partial charge < -0.3 is 4.90 Å². The van der Waals surface area contributed by atoms with Gasteiger partial charge in [-0.15, -0.1) is 11.3 Å². The van der Waals surface area contributed by atoms with Gasteiger partial charge in [-0.05, 0) is 25.3 Å². The van der Waals surface area contributed by atoms with Gasteiger partial charge in [0, 0.05) is 30.0 Å². The molecule has 0 aromatic carbocycles. The normalized spacial score (nSPS) is 16.1. The fourth-order valence-electron chi connectivity index (χ4n) is 2.38. The van der Waals surface area contributed by atoms with Gasteiger partial charge in [-0.3, -0.25) is 9.48 Å². The van der Waals surface area contributed by atoms with Crippen molar-refractivity contribution in [2.75, 3.05) is 0 Å². The number of amides is 1. The summed E-state index contributed by atoms with van der Waals surface area (Å²) in [5, 5.41) is 7.18. The molecule has 0 saturated heterocycles. The second-order valence-electron chi connectivity index (χ2n) is 5.03. The van der Waals surface area contributed by atoms with Crippen LogP contribution in [-0.2, 0) is 11.3 Å². The maximum absolute atomic E-state index is 12.8. The largest absolute Gasteiger partial charge is 0.331 e. The van der Waals surface area contributed by atoms with Crippen molar-refractivity contribution in [2.45, 2.75) is 44.8 Å². The molecule has 1 aliphatic carbocycles. The Hall–Kier alpha value is -1.69. The van der Waals surface area contributed by atoms with Crippen LogP contribution in [0.3, 0.4) is 0 Å². The van der Waals surface area contributed by atoms with Gasteiger partial charge in [-0.1, -0.05) is 6.92 Å². The summed E-state index contributed by atoms with van der Waals surface area (Å²) in [7, 11) is 0. The van der Waals surface area contributed by atoms with Crippen LogP contribution >= 0.6 is 11.3 Å². The van der Waals surface area contributed by atoms with Crippen LogP contribution in [0.1, 0.15) is 37.2 Å². The van der Waals surface area contributed by atoms with E-state index in [-0.39, 0.29) is 11.9 Å². The highest BCUT2D eigenvalue weighted by Crippen LogP contribution is 2.31. The molecule has 2 aromatic heterocycles. The molecule has 0 spiro atoms. The van der Waals surface area contributed by atoms with E-state index in [1.807, 2.05) is 29.5 Å². The predicted octanol–water partition coefficient (Wildman–Crippen LogP) is 2.48. The first kappa shape index (κ1) is 13.3. The lowest BCUT2D eigenvalue weighted by Crippen LogP contribution is -2.38. The Morgan fingerprint density at radius 2 is 2.40 bits per heavy atom. The molecule has 1 aliphatic rings. The van der Waals surface area contributed by atoms with Crippen LogP contribution in [0.25, 0.3) is 0 Å². The number of rotatable bonds is 6. The monoisotopic (exact) mass is 290 g/mol. The quantitative estimate of drug-likeness (QED) is 0.821. The van der Waals surface area contributed by atoms with Gasteiger partial charge in [-0.25, -0.2) is 4.98 Å². The van der Waals surface area contributed by atoms with Gasteiger partial charge in [-0.2, -0.15) is 5.10 Å². The van der Waals surface area contributed by atoms with Crippen LogP contribution in [0, 0.1) is 0 Å². The summed E-state index contributed by atoms with van der Waals surface area (Å²) in [6.45, 7) is 2.65. The molecule has 1 saturated carbocycles. The SMILES string of the molecule is CC[C@H](C(=O)N(Cc1nccs1)C1CC1)n1cccn1. The molecule has 3 rings (SSSR count). The summed E-state index contributed by atoms with van der Waals surface area (Å²) in [6.07, 6.45) is 8.33. The summed E-state index contributed by atoms with van der Waals surface area (Å²) in [5.41, 5.74) is 0. The Bertz CT molecular complexity index is 548. The molecule has 106 valence electrons. The zero-order valence-corrected chi connectivity index (χ0v) is 12.3. The first-order valence-corrected chi connectivity index (χ1v) is 7.85. The zero-order chi connectivity index (χ0) is 13.9. The first-order valence-electron chi connectivity index (χ1n) is 6.97. The summed E-state index contributed by atoms with van der Waals surface area (Å²) in [5.74, 6) is 0.161. The third-order valence-corrected chi connectivity index (χ3v) is 4.34. The summed E-state index contributed by atoms with van der Waals surface area (Å²) < 4.78 is 1.76. The maximum atomic E-state index is 12.8. The number of thiazole rings is 1. The summed E-state index contributed by atoms with van der Waals surface area (Å²) in [6, 6.07) is 2.04. The number of carbonyl (C=O) groups is 1. The van der Waals surface area contributed by atoms with Gasteiger partial charge in [0.2, 0.25) is 5.91 Å². The summed E-state index contributed by atoms with van der Waals surface area (Å²) in [4.78, 5) is 19.1. The molecule has 0 radical (unpaired) electrons. The van der Waals surface area contributed by atoms with Gasteiger partial charge in [0.1, 0.15) is 11.0 Å². The standard InChI is InChI=1S/C14H18N4OS/c1-2-12(18-8-3-6-16-18)14(19)17(11-4-5-11)10-13-15-7-9-20-13/h3,6-9,11-12H,2,4-5,10H2,1H3/t12-/m1/s1. The van der Waals surface area contributed by atoms with E-state index in [0.717, 1.165) is 24.3 Å². The van der Waals surface area contributed by atoms with E-state index in [4.69, 9.17) is 0 Å². The van der Waals surface area contributed by atoms with Crippen molar-refractivity contribution in [3.63, 3.8) is 0 Å². The Morgan fingerprint density at radius 3 is 2.95 bits per heavy atom. The molecule has 20 heavy (non-hydrogen) atoms. The number of hydrogen-bond donors (Lipinski definition) is 0. The lowest BCUT2D eigenvalue weighted by Gasteiger charge is -2.26. The molecule has 1 amide bonds. The minimum atomic E-state index is -0.203. The molecule has 0 aliphatic heterocycles. The van der Waals surface area contributed by atoms with E-state index in [1.165, 1.54) is 0 Å². The molecule has 0 bridgehead atoms. The Morgan fingerprint density at radius 1 is 1.55 bits per heavy atom. The average Bonchev–Trinajstić information content (AvgIpc) is 2.94. The number of nitrogens with zero attached hydrogens (tertiary/aromatic N) is 4. The second kappa shape index (κ2) is 5.75. The topological polar surface area (TPSA) is 51.0 Å². The van der Waals surface area contributed by atoms with E-state index >= 15 is 0 Å². The number of carbonyl (C=O) groups excluding carboxylic acids is 1. The van der Waals surface area contributed by atoms with Crippen molar-refractivity contribution in [3.8, 4) is 0 Å². The predicted molar refractivity (Wildman–Crippen MR) is 77.2 cm³/mol. The van der Waals surface area contributed by atoms with E-state index < -0.39 is 0 Å². The third kappa shape index (κ3) is 2.75. The highest BCUT2D eigenvalue weighted by molar-refractivity contribution is 7.09. The van der Waals surface area contributed by atoms with Crippen LogP contribution in [0.5, 0.6) is 0 Å². The summed E-state index contributed by atoms with van der Waals surface area (Å²) >= 11 is 1.60. The minimum Gasteiger partial charge on any atom is -0.331 e. The van der Waals surface area contributed by atoms with E-state index in [1.54, 1.807) is 28.4 Å². The molecule has 5 nitrogen and oxygen atoms in total. The van der Waals surface area contributed by atoms with E-state index in [2.05, 4.69) is 10.1 Å². The van der Waals surface area contributed by atoms with Crippen molar-refractivity contribution in [3.05, 3.63) is 35.0 Å². The fraction of sp³-hybridized carbons (Fsp3) is 0.500. The van der Waals surface area contributed by atoms with Gasteiger partial charge in [0.15, 0.2) is 0 Å². The Labute approximate surface area is 122 Å². The lowest BCUT2D eigenvalue weighted by atomic mass is 10.2. The Kier molecular flexibility index (Phi) is 3.82. The highest BCUT2D eigenvalue weighted by Gasteiger charge is 2.36. The minimum absolute atomic E-state index is 0.161. The molecule has 1 fully saturated rings. The van der Waals surface area contributed by atoms with Crippen LogP contribution in [0.2, 0.25) is 0 Å². The first-order chi connectivity index (χ1) is 9.79. The fourth-order valence-corrected chi connectivity index (χ4v) is 3.00. The van der Waals surface area contributed by atoms with Crippen LogP contribution in [0.15, 0.2) is 30.0 Å². The third-order valence-electron chi connectivity index (χ3n) is 3.58. The van der Waals surface area contributed by atoms with Gasteiger partial charge in [0.05, 0.1) is 6.54 Å². The molecular weight excluding hydrogens is 272 g/mol. The second-order valence-corrected chi connectivity index (χ2v) is 6.01. The van der Waals surface area contributed by atoms with Crippen molar-refractivity contribution in [2.24, 2.45) is 0 Å². The molecule has 0 N–H and O–H groups in total. The van der Waals surface area contributed by atoms with Crippen LogP contribution < -0.4 is 0 Å². The van der Waals surface area contributed by atoms with Gasteiger partial charge >= 0.3 is 0 Å². The highest BCUT2D eigenvalue weighted by atomic mass is 32.1. The molecule has 0 unspecified atom stereocenters. The average molecular weight is 290 g/mol. The smallest absolute Gasteiger partial charge is 0.248 e. The van der Waals surface area contributed by atoms with Crippen molar-refractivity contribution >= 4 is 17.2 Å². The molecule has 2 heterocycles. The van der Waals surface area contributed by atoms with E-state index in [0.29, 0.717) is 12.6 Å².